The third kappa shape index (κ3) is 2.50. The lowest BCUT2D eigenvalue weighted by Crippen LogP contribution is -2.55. The van der Waals surface area contributed by atoms with Crippen LogP contribution in [0.4, 0.5) is 0 Å². The predicted octanol–water partition coefficient (Wildman–Crippen LogP) is 2.99. The van der Waals surface area contributed by atoms with E-state index >= 15 is 0 Å². The summed E-state index contributed by atoms with van der Waals surface area (Å²) in [7, 11) is 2.23. The van der Waals surface area contributed by atoms with Gasteiger partial charge in [-0.25, -0.2) is 0 Å². The van der Waals surface area contributed by atoms with Crippen molar-refractivity contribution in [3.63, 3.8) is 0 Å². The van der Waals surface area contributed by atoms with Crippen molar-refractivity contribution in [2.75, 3.05) is 33.2 Å². The Kier molecular flexibility index (Phi) is 4.11. The highest BCUT2D eigenvalue weighted by Gasteiger charge is 2.65. The molecule has 0 radical (unpaired) electrons. The lowest BCUT2D eigenvalue weighted by atomic mass is 9.45. The summed E-state index contributed by atoms with van der Waals surface area (Å²) in [5.74, 6) is 3.32. The zero-order valence-corrected chi connectivity index (χ0v) is 18.1. The van der Waals surface area contributed by atoms with Gasteiger partial charge in [0.05, 0.1) is 18.3 Å². The number of hydrogen-bond donors (Lipinski definition) is 1. The van der Waals surface area contributed by atoms with Crippen LogP contribution in [0.3, 0.4) is 0 Å². The summed E-state index contributed by atoms with van der Waals surface area (Å²) in [5, 5.41) is 11.5. The molecular weight excluding hydrogens is 348 g/mol. The molecule has 0 spiro atoms. The van der Waals surface area contributed by atoms with Crippen LogP contribution in [0, 0.1) is 34.5 Å². The minimum absolute atomic E-state index is 0.130. The Morgan fingerprint density at radius 3 is 2.46 bits per heavy atom. The molecule has 6 aliphatic rings. The van der Waals surface area contributed by atoms with Gasteiger partial charge in [-0.3, -0.25) is 4.90 Å². The van der Waals surface area contributed by atoms with Crippen molar-refractivity contribution in [2.24, 2.45) is 34.5 Å². The molecule has 4 saturated carbocycles. The zero-order chi connectivity index (χ0) is 19.3. The molecule has 2 heterocycles. The van der Waals surface area contributed by atoms with Gasteiger partial charge in [0.25, 0.3) is 0 Å². The Balaban J connectivity index is 1.25. The summed E-state index contributed by atoms with van der Waals surface area (Å²) in [6, 6.07) is 0.399. The van der Waals surface area contributed by atoms with E-state index in [4.69, 9.17) is 4.74 Å². The molecule has 28 heavy (non-hydrogen) atoms. The van der Waals surface area contributed by atoms with Crippen LogP contribution in [-0.4, -0.2) is 72.5 Å². The molecule has 4 aliphatic carbocycles. The van der Waals surface area contributed by atoms with E-state index in [0.29, 0.717) is 23.7 Å². The number of aliphatic hydroxyl groups excluding tert-OH is 1. The van der Waals surface area contributed by atoms with Crippen LogP contribution in [0.5, 0.6) is 0 Å². The highest BCUT2D eigenvalue weighted by molar-refractivity contribution is 5.15. The Labute approximate surface area is 171 Å². The van der Waals surface area contributed by atoms with E-state index in [1.807, 2.05) is 0 Å². The van der Waals surface area contributed by atoms with E-state index in [9.17, 15) is 5.11 Å². The van der Waals surface area contributed by atoms with Crippen LogP contribution in [0.1, 0.15) is 58.8 Å². The van der Waals surface area contributed by atoms with Crippen molar-refractivity contribution in [1.29, 1.82) is 0 Å². The van der Waals surface area contributed by atoms with Crippen molar-refractivity contribution in [2.45, 2.75) is 83.1 Å². The van der Waals surface area contributed by atoms with Crippen LogP contribution in [0.2, 0.25) is 0 Å². The normalized spacial score (nSPS) is 59.1. The molecule has 0 aromatic heterocycles. The van der Waals surface area contributed by atoms with Gasteiger partial charge in [-0.15, -0.1) is 0 Å². The van der Waals surface area contributed by atoms with Gasteiger partial charge in [0.1, 0.15) is 0 Å². The van der Waals surface area contributed by atoms with Crippen molar-refractivity contribution in [3.05, 3.63) is 0 Å². The molecule has 2 aliphatic heterocycles. The maximum absolute atomic E-state index is 11.5. The molecule has 6 rings (SSSR count). The molecule has 0 aromatic rings. The summed E-state index contributed by atoms with van der Waals surface area (Å²) < 4.78 is 5.99. The number of fused-ring (bicyclic) bond motifs is 6. The molecule has 6 fully saturated rings. The van der Waals surface area contributed by atoms with Gasteiger partial charge in [0, 0.05) is 32.2 Å². The Morgan fingerprint density at radius 2 is 1.68 bits per heavy atom. The fraction of sp³-hybridized carbons (Fsp3) is 1.00. The second-order valence-electron chi connectivity index (χ2n) is 11.9. The van der Waals surface area contributed by atoms with Gasteiger partial charge < -0.3 is 14.7 Å². The van der Waals surface area contributed by atoms with Gasteiger partial charge in [-0.2, -0.15) is 0 Å². The average molecular weight is 389 g/mol. The Morgan fingerprint density at radius 1 is 0.893 bits per heavy atom. The molecule has 3 unspecified atom stereocenters. The van der Waals surface area contributed by atoms with Crippen molar-refractivity contribution < 1.29 is 9.84 Å². The van der Waals surface area contributed by atoms with E-state index in [-0.39, 0.29) is 11.5 Å². The molecule has 10 atom stereocenters. The first-order valence-corrected chi connectivity index (χ1v) is 12.2. The first-order valence-electron chi connectivity index (χ1n) is 12.2. The minimum Gasteiger partial charge on any atom is -0.391 e. The van der Waals surface area contributed by atoms with Crippen LogP contribution in [0.15, 0.2) is 0 Å². The second kappa shape index (κ2) is 6.18. The van der Waals surface area contributed by atoms with Crippen molar-refractivity contribution >= 4 is 0 Å². The SMILES string of the molecule is CN1CCN([C@H]2C[C@H]3[C@@H]4CCC5CC6OC6C[C@]5(C)[C@H]4CC[C@]3(C)[C@H]2O)CC1. The Hall–Kier alpha value is -0.160. The summed E-state index contributed by atoms with van der Waals surface area (Å²) in [6.07, 6.45) is 10.4. The van der Waals surface area contributed by atoms with Crippen LogP contribution in [0.25, 0.3) is 0 Å². The Bertz CT molecular complexity index is 634. The number of epoxide rings is 1. The van der Waals surface area contributed by atoms with Gasteiger partial charge in [-0.1, -0.05) is 13.8 Å². The summed E-state index contributed by atoms with van der Waals surface area (Å²) in [6.45, 7) is 9.64. The average Bonchev–Trinajstić information content (AvgIpc) is 3.36. The summed E-state index contributed by atoms with van der Waals surface area (Å²) >= 11 is 0. The number of rotatable bonds is 1. The van der Waals surface area contributed by atoms with Crippen LogP contribution < -0.4 is 0 Å². The number of ether oxygens (including phenoxy) is 1. The third-order valence-electron chi connectivity index (χ3n) is 10.9. The molecule has 158 valence electrons. The summed E-state index contributed by atoms with van der Waals surface area (Å²) in [4.78, 5) is 5.07. The molecule has 4 nitrogen and oxygen atoms in total. The molecule has 0 amide bonds. The maximum Gasteiger partial charge on any atom is 0.0847 e. The van der Waals surface area contributed by atoms with Gasteiger partial charge in [0.2, 0.25) is 0 Å². The van der Waals surface area contributed by atoms with Gasteiger partial charge in [-0.05, 0) is 86.5 Å². The monoisotopic (exact) mass is 388 g/mol. The molecule has 2 saturated heterocycles. The highest BCUT2D eigenvalue weighted by Crippen LogP contribution is 2.68. The van der Waals surface area contributed by atoms with E-state index < -0.39 is 0 Å². The fourth-order valence-electron chi connectivity index (χ4n) is 9.01. The number of nitrogens with zero attached hydrogens (tertiary/aromatic N) is 2. The van der Waals surface area contributed by atoms with E-state index in [1.165, 1.54) is 44.9 Å². The molecule has 4 heteroatoms. The molecule has 0 bridgehead atoms. The molecular formula is C24H40N2O2. The van der Waals surface area contributed by atoms with E-state index in [1.54, 1.807) is 0 Å². The first kappa shape index (κ1) is 18.6. The van der Waals surface area contributed by atoms with Crippen LogP contribution >= 0.6 is 0 Å². The maximum atomic E-state index is 11.5. The van der Waals surface area contributed by atoms with Gasteiger partial charge >= 0.3 is 0 Å². The van der Waals surface area contributed by atoms with Crippen molar-refractivity contribution in [1.82, 2.24) is 9.80 Å². The van der Waals surface area contributed by atoms with E-state index in [0.717, 1.165) is 49.9 Å². The zero-order valence-electron chi connectivity index (χ0n) is 18.1. The highest BCUT2D eigenvalue weighted by atomic mass is 16.6. The topological polar surface area (TPSA) is 39.2 Å². The summed E-state index contributed by atoms with van der Waals surface area (Å²) in [5.41, 5.74) is 0.643. The minimum atomic E-state index is -0.130. The lowest BCUT2D eigenvalue weighted by molar-refractivity contribution is -0.119. The number of piperazine rings is 1. The number of likely N-dealkylation sites (N-methyl/N-ethyl adjacent to an activating group) is 1. The smallest absolute Gasteiger partial charge is 0.0847 e. The fourth-order valence-corrected chi connectivity index (χ4v) is 9.01. The first-order chi connectivity index (χ1) is 13.4. The standard InChI is InChI=1S/C24H40N2O2/c1-23-7-6-17-16(5-4-15-12-20-21(28-20)14-24(15,17)2)18(23)13-19(22(23)27)26-10-8-25(3)9-11-26/h15-22,27H,4-14H2,1-3H3/t15?,16-,17+,18+,19+,20?,21?,22+,23+,24+/m1/s1. The lowest BCUT2D eigenvalue weighted by Gasteiger charge is -2.59. The van der Waals surface area contributed by atoms with Crippen molar-refractivity contribution in [3.8, 4) is 0 Å². The quantitative estimate of drug-likeness (QED) is 0.701. The largest absolute Gasteiger partial charge is 0.391 e. The van der Waals surface area contributed by atoms with Gasteiger partial charge in [0.15, 0.2) is 0 Å². The molecule has 1 N–H and O–H groups in total. The number of hydrogen-bond acceptors (Lipinski definition) is 4. The number of aliphatic hydroxyl groups is 1. The predicted molar refractivity (Wildman–Crippen MR) is 110 cm³/mol. The molecule has 0 aromatic carbocycles. The third-order valence-corrected chi connectivity index (χ3v) is 10.9. The van der Waals surface area contributed by atoms with E-state index in [2.05, 4.69) is 30.7 Å². The second-order valence-corrected chi connectivity index (χ2v) is 11.9. The van der Waals surface area contributed by atoms with Crippen LogP contribution in [-0.2, 0) is 4.74 Å².